The molecule has 124 valence electrons. The molecule has 0 aliphatic heterocycles. The highest BCUT2D eigenvalue weighted by Gasteiger charge is 2.14. The van der Waals surface area contributed by atoms with E-state index in [1.54, 1.807) is 18.2 Å². The normalized spacial score (nSPS) is 12.7. The molecule has 1 atom stereocenters. The summed E-state index contributed by atoms with van der Waals surface area (Å²) in [5.41, 5.74) is 3.28. The Labute approximate surface area is 140 Å². The first kappa shape index (κ1) is 16.4. The third-order valence-electron chi connectivity index (χ3n) is 4.42. The van der Waals surface area contributed by atoms with Gasteiger partial charge in [0.2, 0.25) is 0 Å². The predicted octanol–water partition coefficient (Wildman–Crippen LogP) is 4.43. The van der Waals surface area contributed by atoms with Crippen molar-refractivity contribution < 1.29 is 8.81 Å². The van der Waals surface area contributed by atoms with Crippen molar-refractivity contribution in [2.75, 3.05) is 7.05 Å². The molecule has 1 heterocycles. The van der Waals surface area contributed by atoms with Crippen molar-refractivity contribution in [1.29, 1.82) is 0 Å². The van der Waals surface area contributed by atoms with Crippen LogP contribution in [0.2, 0.25) is 0 Å². The molecule has 0 aliphatic carbocycles. The number of hydrogen-bond acceptors (Lipinski definition) is 3. The molecular formula is C20H20FNO2. The fourth-order valence-electron chi connectivity index (χ4n) is 2.87. The maximum atomic E-state index is 13.1. The van der Waals surface area contributed by atoms with Crippen LogP contribution >= 0.6 is 0 Å². The summed E-state index contributed by atoms with van der Waals surface area (Å²) in [7, 11) is 1.99. The van der Waals surface area contributed by atoms with E-state index in [-0.39, 0.29) is 17.5 Å². The van der Waals surface area contributed by atoms with Crippen molar-refractivity contribution in [3.8, 4) is 0 Å². The molecule has 4 heteroatoms. The van der Waals surface area contributed by atoms with Crippen LogP contribution in [0, 0.1) is 12.7 Å². The van der Waals surface area contributed by atoms with Crippen LogP contribution < -0.4 is 5.63 Å². The second-order valence-corrected chi connectivity index (χ2v) is 6.23. The monoisotopic (exact) mass is 325 g/mol. The van der Waals surface area contributed by atoms with Crippen LogP contribution in [0.4, 0.5) is 4.39 Å². The van der Waals surface area contributed by atoms with E-state index in [1.165, 1.54) is 12.1 Å². The van der Waals surface area contributed by atoms with Gasteiger partial charge < -0.3 is 4.42 Å². The van der Waals surface area contributed by atoms with Gasteiger partial charge in [0.25, 0.3) is 0 Å². The van der Waals surface area contributed by atoms with Crippen LogP contribution in [0.25, 0.3) is 11.0 Å². The lowest BCUT2D eigenvalue weighted by Crippen LogP contribution is -2.22. The van der Waals surface area contributed by atoms with E-state index < -0.39 is 0 Å². The summed E-state index contributed by atoms with van der Waals surface area (Å²) < 4.78 is 18.4. The lowest BCUT2D eigenvalue weighted by Gasteiger charge is -2.25. The van der Waals surface area contributed by atoms with Crippen molar-refractivity contribution in [3.05, 3.63) is 81.5 Å². The molecule has 24 heavy (non-hydrogen) atoms. The lowest BCUT2D eigenvalue weighted by atomic mass is 10.0. The molecule has 0 bridgehead atoms. The summed E-state index contributed by atoms with van der Waals surface area (Å²) in [6, 6.07) is 14.0. The first-order valence-corrected chi connectivity index (χ1v) is 7.93. The Hall–Kier alpha value is -2.46. The molecule has 3 nitrogen and oxygen atoms in total. The van der Waals surface area contributed by atoms with Gasteiger partial charge in [-0.05, 0) is 55.8 Å². The minimum absolute atomic E-state index is 0.0957. The van der Waals surface area contributed by atoms with E-state index in [1.807, 2.05) is 32.2 Å². The summed E-state index contributed by atoms with van der Waals surface area (Å²) in [6.45, 7) is 4.63. The molecule has 0 saturated heterocycles. The van der Waals surface area contributed by atoms with Crippen molar-refractivity contribution in [2.24, 2.45) is 0 Å². The van der Waals surface area contributed by atoms with Crippen molar-refractivity contribution in [3.63, 3.8) is 0 Å². The molecule has 0 spiro atoms. The van der Waals surface area contributed by atoms with Gasteiger partial charge in [-0.15, -0.1) is 0 Å². The van der Waals surface area contributed by atoms with Gasteiger partial charge in [-0.25, -0.2) is 9.18 Å². The Balaban J connectivity index is 1.91. The van der Waals surface area contributed by atoms with Crippen LogP contribution in [0.3, 0.4) is 0 Å². The minimum Gasteiger partial charge on any atom is -0.423 e. The Morgan fingerprint density at radius 2 is 1.83 bits per heavy atom. The molecule has 3 aromatic rings. The second-order valence-electron chi connectivity index (χ2n) is 6.23. The van der Waals surface area contributed by atoms with Crippen molar-refractivity contribution in [1.82, 2.24) is 4.90 Å². The molecule has 0 saturated carbocycles. The maximum Gasteiger partial charge on any atom is 0.336 e. The summed E-state index contributed by atoms with van der Waals surface area (Å²) in [6.07, 6.45) is 0. The number of fused-ring (bicyclic) bond motifs is 1. The van der Waals surface area contributed by atoms with E-state index >= 15 is 0 Å². The number of benzene rings is 2. The van der Waals surface area contributed by atoms with Crippen molar-refractivity contribution in [2.45, 2.75) is 26.4 Å². The minimum atomic E-state index is -0.342. The average molecular weight is 325 g/mol. The number of rotatable bonds is 4. The second kappa shape index (κ2) is 6.57. The molecule has 2 aromatic carbocycles. The van der Waals surface area contributed by atoms with E-state index in [0.29, 0.717) is 12.1 Å². The Kier molecular flexibility index (Phi) is 4.49. The predicted molar refractivity (Wildman–Crippen MR) is 93.5 cm³/mol. The van der Waals surface area contributed by atoms with Crippen LogP contribution in [0.5, 0.6) is 0 Å². The third-order valence-corrected chi connectivity index (χ3v) is 4.42. The van der Waals surface area contributed by atoms with Crippen molar-refractivity contribution >= 4 is 11.0 Å². The van der Waals surface area contributed by atoms with Crippen LogP contribution in [-0.2, 0) is 6.54 Å². The third kappa shape index (κ3) is 3.39. The van der Waals surface area contributed by atoms with Gasteiger partial charge >= 0.3 is 5.63 Å². The largest absolute Gasteiger partial charge is 0.423 e. The van der Waals surface area contributed by atoms with Gasteiger partial charge in [-0.3, -0.25) is 4.90 Å². The summed E-state index contributed by atoms with van der Waals surface area (Å²) in [5, 5.41) is 0.943. The highest BCUT2D eigenvalue weighted by Crippen LogP contribution is 2.24. The smallest absolute Gasteiger partial charge is 0.336 e. The molecular weight excluding hydrogens is 305 g/mol. The van der Waals surface area contributed by atoms with Crippen LogP contribution in [0.1, 0.15) is 29.7 Å². The molecule has 0 amide bonds. The van der Waals surface area contributed by atoms with Gasteiger partial charge in [0.05, 0.1) is 0 Å². The molecule has 1 aromatic heterocycles. The zero-order chi connectivity index (χ0) is 17.3. The standard InChI is InChI=1S/C20H20FNO2/c1-13-4-9-18-16(11-20(23)24-19(18)10-13)12-22(3)14(2)15-5-7-17(21)8-6-15/h4-11,14H,12H2,1-3H3. The summed E-state index contributed by atoms with van der Waals surface area (Å²) >= 11 is 0. The SMILES string of the molecule is Cc1ccc2c(CN(C)C(C)c3ccc(F)cc3)cc(=O)oc2c1. The van der Waals surface area contributed by atoms with E-state index in [0.717, 1.165) is 22.1 Å². The van der Waals surface area contributed by atoms with Gasteiger partial charge in [0, 0.05) is 24.0 Å². The molecule has 0 radical (unpaired) electrons. The van der Waals surface area contributed by atoms with Crippen LogP contribution in [-0.4, -0.2) is 11.9 Å². The van der Waals surface area contributed by atoms with Gasteiger partial charge in [0.1, 0.15) is 11.4 Å². The topological polar surface area (TPSA) is 33.5 Å². The molecule has 0 N–H and O–H groups in total. The van der Waals surface area contributed by atoms with Crippen LogP contribution in [0.15, 0.2) is 57.7 Å². The quantitative estimate of drug-likeness (QED) is 0.665. The molecule has 0 aliphatic rings. The fourth-order valence-corrected chi connectivity index (χ4v) is 2.87. The molecule has 0 fully saturated rings. The summed E-state index contributed by atoms with van der Waals surface area (Å²) in [5.74, 6) is -0.240. The number of halogens is 1. The first-order chi connectivity index (χ1) is 11.4. The maximum absolute atomic E-state index is 13.1. The highest BCUT2D eigenvalue weighted by molar-refractivity contribution is 5.80. The zero-order valence-corrected chi connectivity index (χ0v) is 14.0. The van der Waals surface area contributed by atoms with E-state index in [2.05, 4.69) is 11.8 Å². The van der Waals surface area contributed by atoms with Gasteiger partial charge in [-0.1, -0.05) is 24.3 Å². The molecule has 3 rings (SSSR count). The van der Waals surface area contributed by atoms with Gasteiger partial charge in [-0.2, -0.15) is 0 Å². The Morgan fingerprint density at radius 3 is 2.54 bits per heavy atom. The van der Waals surface area contributed by atoms with E-state index in [9.17, 15) is 9.18 Å². The number of nitrogens with zero attached hydrogens (tertiary/aromatic N) is 1. The Morgan fingerprint density at radius 1 is 1.12 bits per heavy atom. The number of hydrogen-bond donors (Lipinski definition) is 0. The van der Waals surface area contributed by atoms with E-state index in [4.69, 9.17) is 4.42 Å². The van der Waals surface area contributed by atoms with Gasteiger partial charge in [0.15, 0.2) is 0 Å². The first-order valence-electron chi connectivity index (χ1n) is 7.93. The number of aryl methyl sites for hydroxylation is 1. The average Bonchev–Trinajstić information content (AvgIpc) is 2.54. The molecule has 1 unspecified atom stereocenters. The highest BCUT2D eigenvalue weighted by atomic mass is 19.1. The fraction of sp³-hybridized carbons (Fsp3) is 0.250. The Bertz CT molecular complexity index is 915. The lowest BCUT2D eigenvalue weighted by molar-refractivity contribution is 0.253. The summed E-state index contributed by atoms with van der Waals surface area (Å²) in [4.78, 5) is 14.0. The zero-order valence-electron chi connectivity index (χ0n) is 14.0.